The van der Waals surface area contributed by atoms with Gasteiger partial charge in [0, 0.05) is 0 Å². The number of thiocarbonyl (C=S) groups is 1. The van der Waals surface area contributed by atoms with E-state index in [1.165, 1.54) is 12.1 Å². The Labute approximate surface area is 126 Å². The van der Waals surface area contributed by atoms with Crippen molar-refractivity contribution in [2.24, 2.45) is 5.73 Å². The number of hydrogen-bond acceptors (Lipinski definition) is 5. The molecule has 7 nitrogen and oxygen atoms in total. The summed E-state index contributed by atoms with van der Waals surface area (Å²) in [5.41, 5.74) is 4.89. The molecule has 1 aromatic rings. The topological polar surface area (TPSA) is 111 Å². The lowest BCUT2D eigenvalue weighted by atomic mass is 10.2. The molecule has 0 aliphatic carbocycles. The number of anilines is 1. The van der Waals surface area contributed by atoms with E-state index in [0.717, 1.165) is 6.07 Å². The highest BCUT2D eigenvalue weighted by Gasteiger charge is 2.20. The van der Waals surface area contributed by atoms with Crippen molar-refractivity contribution in [3.05, 3.63) is 29.6 Å². The first kappa shape index (κ1) is 17.1. The molecule has 0 fully saturated rings. The Balaban J connectivity index is 2.98. The quantitative estimate of drug-likeness (QED) is 0.699. The van der Waals surface area contributed by atoms with Gasteiger partial charge in [-0.25, -0.2) is 13.9 Å². The van der Waals surface area contributed by atoms with Gasteiger partial charge in [-0.3, -0.25) is 4.72 Å². The van der Waals surface area contributed by atoms with Gasteiger partial charge in [0.15, 0.2) is 0 Å². The monoisotopic (exact) mass is 335 g/mol. The minimum Gasteiger partial charge on any atom is -0.446 e. The van der Waals surface area contributed by atoms with Crippen LogP contribution in [-0.2, 0) is 14.9 Å². The van der Waals surface area contributed by atoms with Crippen molar-refractivity contribution in [1.82, 2.24) is 4.72 Å². The molecule has 1 rings (SSSR count). The molecule has 0 bridgehead atoms. The predicted octanol–water partition coefficient (Wildman–Crippen LogP) is 1.25. The fraction of sp³-hybridized carbons (Fsp3) is 0.273. The molecule has 10 heteroatoms. The Kier molecular flexibility index (Phi) is 5.44. The number of benzene rings is 1. The molecule has 0 heterocycles. The van der Waals surface area contributed by atoms with E-state index in [0.29, 0.717) is 0 Å². The second-order valence-corrected chi connectivity index (χ2v) is 6.04. The van der Waals surface area contributed by atoms with E-state index in [4.69, 9.17) is 5.73 Å². The van der Waals surface area contributed by atoms with Gasteiger partial charge in [-0.05, 0) is 26.0 Å². The standard InChI is InChI=1S/C11H14FN3O4S2/c1-6(2)19-11(16)15-21(17,18)14-8-5-3-4-7(12)9(8)10(13)20/h3-6,14H,1-2H3,(H2,13,20)(H,15,16). The average Bonchev–Trinajstić information content (AvgIpc) is 2.24. The molecule has 0 radical (unpaired) electrons. The van der Waals surface area contributed by atoms with E-state index < -0.39 is 28.2 Å². The summed E-state index contributed by atoms with van der Waals surface area (Å²) < 4.78 is 45.3. The zero-order chi connectivity index (χ0) is 16.2. The van der Waals surface area contributed by atoms with Gasteiger partial charge in [0.1, 0.15) is 10.8 Å². The summed E-state index contributed by atoms with van der Waals surface area (Å²) in [5, 5.41) is 0. The van der Waals surface area contributed by atoms with E-state index >= 15 is 0 Å². The third-order valence-electron chi connectivity index (χ3n) is 2.06. The first-order valence-electron chi connectivity index (χ1n) is 5.72. The highest BCUT2D eigenvalue weighted by Crippen LogP contribution is 2.19. The summed E-state index contributed by atoms with van der Waals surface area (Å²) in [7, 11) is -4.31. The fourth-order valence-corrected chi connectivity index (χ4v) is 2.36. The van der Waals surface area contributed by atoms with Crippen molar-refractivity contribution in [3.8, 4) is 0 Å². The van der Waals surface area contributed by atoms with E-state index in [2.05, 4.69) is 17.0 Å². The van der Waals surface area contributed by atoms with Crippen LogP contribution in [0.15, 0.2) is 18.2 Å². The van der Waals surface area contributed by atoms with Gasteiger partial charge in [0.05, 0.1) is 17.4 Å². The lowest BCUT2D eigenvalue weighted by Crippen LogP contribution is -2.37. The molecule has 0 atom stereocenters. The summed E-state index contributed by atoms with van der Waals surface area (Å²) in [6.45, 7) is 3.11. The normalized spacial score (nSPS) is 11.0. The van der Waals surface area contributed by atoms with Crippen LogP contribution in [0.25, 0.3) is 0 Å². The first-order valence-corrected chi connectivity index (χ1v) is 7.61. The molecule has 0 saturated heterocycles. The smallest absolute Gasteiger partial charge is 0.422 e. The maximum atomic E-state index is 13.6. The number of nitrogens with two attached hydrogens (primary N) is 1. The van der Waals surface area contributed by atoms with Crippen LogP contribution >= 0.6 is 12.2 Å². The highest BCUT2D eigenvalue weighted by atomic mass is 32.2. The number of amides is 1. The van der Waals surface area contributed by atoms with Crippen molar-refractivity contribution < 1.29 is 22.3 Å². The summed E-state index contributed by atoms with van der Waals surface area (Å²) >= 11 is 4.66. The molecule has 4 N–H and O–H groups in total. The summed E-state index contributed by atoms with van der Waals surface area (Å²) in [6.07, 6.45) is -1.66. The van der Waals surface area contributed by atoms with Gasteiger partial charge < -0.3 is 10.5 Å². The lowest BCUT2D eigenvalue weighted by molar-refractivity contribution is 0.121. The van der Waals surface area contributed by atoms with Crippen molar-refractivity contribution in [2.75, 3.05) is 4.72 Å². The Morgan fingerprint density at radius 3 is 2.57 bits per heavy atom. The Bertz CT molecular complexity index is 661. The molecule has 1 aromatic carbocycles. The molecule has 116 valence electrons. The Hall–Kier alpha value is -1.94. The van der Waals surface area contributed by atoms with Crippen molar-refractivity contribution in [1.29, 1.82) is 0 Å². The maximum absolute atomic E-state index is 13.6. The Morgan fingerprint density at radius 2 is 2.05 bits per heavy atom. The molecular formula is C11H14FN3O4S2. The number of hydrogen-bond donors (Lipinski definition) is 3. The Morgan fingerprint density at radius 1 is 1.43 bits per heavy atom. The highest BCUT2D eigenvalue weighted by molar-refractivity contribution is 7.91. The minimum atomic E-state index is -4.31. The molecule has 0 aliphatic heterocycles. The van der Waals surface area contributed by atoms with Crippen LogP contribution in [0.4, 0.5) is 14.9 Å². The van der Waals surface area contributed by atoms with Gasteiger partial charge >= 0.3 is 16.3 Å². The summed E-state index contributed by atoms with van der Waals surface area (Å²) in [5.74, 6) is -0.785. The predicted molar refractivity (Wildman–Crippen MR) is 79.6 cm³/mol. The SMILES string of the molecule is CC(C)OC(=O)NS(=O)(=O)Nc1cccc(F)c1C(N)=S. The molecule has 0 spiro atoms. The van der Waals surface area contributed by atoms with Crippen LogP contribution in [0.3, 0.4) is 0 Å². The molecule has 0 unspecified atom stereocenters. The number of halogens is 1. The first-order chi connectivity index (χ1) is 9.62. The van der Waals surface area contributed by atoms with Gasteiger partial charge in [0.25, 0.3) is 0 Å². The second kappa shape index (κ2) is 6.68. The van der Waals surface area contributed by atoms with Gasteiger partial charge in [-0.15, -0.1) is 0 Å². The van der Waals surface area contributed by atoms with Crippen molar-refractivity contribution >= 4 is 39.2 Å². The van der Waals surface area contributed by atoms with Gasteiger partial charge in [-0.2, -0.15) is 8.42 Å². The minimum absolute atomic E-state index is 0.188. The van der Waals surface area contributed by atoms with E-state index in [9.17, 15) is 17.6 Å². The molecule has 1 amide bonds. The molecule has 0 saturated carbocycles. The van der Waals surface area contributed by atoms with Crippen LogP contribution in [-0.4, -0.2) is 25.6 Å². The third kappa shape index (κ3) is 5.16. The van der Waals surface area contributed by atoms with E-state index in [1.807, 2.05) is 4.72 Å². The van der Waals surface area contributed by atoms with E-state index in [-0.39, 0.29) is 16.2 Å². The lowest BCUT2D eigenvalue weighted by Gasteiger charge is -2.14. The molecule has 0 aromatic heterocycles. The maximum Gasteiger partial charge on any atom is 0.422 e. The fourth-order valence-electron chi connectivity index (χ4n) is 1.38. The van der Waals surface area contributed by atoms with Crippen molar-refractivity contribution in [3.63, 3.8) is 0 Å². The van der Waals surface area contributed by atoms with Crippen LogP contribution in [0.2, 0.25) is 0 Å². The van der Waals surface area contributed by atoms with Crippen molar-refractivity contribution in [2.45, 2.75) is 20.0 Å². The zero-order valence-electron chi connectivity index (χ0n) is 11.2. The number of carbonyl (C=O) groups is 1. The molecule has 21 heavy (non-hydrogen) atoms. The van der Waals surface area contributed by atoms with Crippen LogP contribution in [0, 0.1) is 5.82 Å². The summed E-state index contributed by atoms with van der Waals surface area (Å²) in [4.78, 5) is 10.9. The number of rotatable bonds is 5. The largest absolute Gasteiger partial charge is 0.446 e. The molecular weight excluding hydrogens is 321 g/mol. The number of carbonyl (C=O) groups excluding carboxylic acids is 1. The number of nitrogens with one attached hydrogen (secondary N) is 2. The average molecular weight is 335 g/mol. The van der Waals surface area contributed by atoms with Gasteiger partial charge in [0.2, 0.25) is 0 Å². The summed E-state index contributed by atoms with van der Waals surface area (Å²) in [6, 6.07) is 3.60. The van der Waals surface area contributed by atoms with E-state index in [1.54, 1.807) is 18.6 Å². The molecule has 0 aliphatic rings. The van der Waals surface area contributed by atoms with Gasteiger partial charge in [-0.1, -0.05) is 18.3 Å². The van der Waals surface area contributed by atoms with Crippen LogP contribution in [0.5, 0.6) is 0 Å². The van der Waals surface area contributed by atoms with Crippen LogP contribution < -0.4 is 15.2 Å². The zero-order valence-corrected chi connectivity index (χ0v) is 12.8. The number of ether oxygens (including phenoxy) is 1. The second-order valence-electron chi connectivity index (χ2n) is 4.19. The van der Waals surface area contributed by atoms with Crippen LogP contribution in [0.1, 0.15) is 19.4 Å². The third-order valence-corrected chi connectivity index (χ3v) is 3.19.